The molecular weight excluding hydrogens is 541 g/mol. The van der Waals surface area contributed by atoms with Crippen molar-refractivity contribution in [2.75, 3.05) is 40.3 Å². The molecule has 218 valence electrons. The van der Waals surface area contributed by atoms with Gasteiger partial charge in [0.05, 0.1) is 16.9 Å². The van der Waals surface area contributed by atoms with Gasteiger partial charge in [-0.15, -0.1) is 0 Å². The fraction of sp³-hybridized carbons (Fsp3) is 0.265. The van der Waals surface area contributed by atoms with E-state index in [1.54, 1.807) is 6.07 Å². The number of fused-ring (bicyclic) bond motifs is 2. The first-order valence-electron chi connectivity index (χ1n) is 14.7. The highest BCUT2D eigenvalue weighted by molar-refractivity contribution is 6.00. The van der Waals surface area contributed by atoms with Crippen LogP contribution < -0.4 is 4.74 Å². The first-order chi connectivity index (χ1) is 21.0. The minimum absolute atomic E-state index is 0.334. The Bertz CT molecular complexity index is 1900. The minimum atomic E-state index is -0.334. The van der Waals surface area contributed by atoms with Gasteiger partial charge in [0.1, 0.15) is 29.4 Å². The maximum Gasteiger partial charge on any atom is 0.135 e. The number of aromatic amines is 2. The van der Waals surface area contributed by atoms with Gasteiger partial charge in [0.25, 0.3) is 0 Å². The molecule has 2 N–H and O–H groups in total. The number of nitrogens with zero attached hydrogens (tertiary/aromatic N) is 5. The second-order valence-corrected chi connectivity index (χ2v) is 11.5. The number of benzene rings is 2. The third-order valence-electron chi connectivity index (χ3n) is 8.01. The summed E-state index contributed by atoms with van der Waals surface area (Å²) in [6.07, 6.45) is 6.34. The van der Waals surface area contributed by atoms with E-state index in [1.807, 2.05) is 67.8 Å². The SMILES string of the molecule is CN(C)CCOc1cc(F)cc(-c2cccc3[nH]c(-c4n[nH]c5ccc(-c6cncc(CN7CCCC7)c6)nc45)cc23)c1. The topological polar surface area (TPSA) is 86.0 Å². The van der Waals surface area contributed by atoms with Crippen molar-refractivity contribution in [3.05, 3.63) is 84.4 Å². The van der Waals surface area contributed by atoms with Crippen LogP contribution >= 0.6 is 0 Å². The van der Waals surface area contributed by atoms with Crippen LogP contribution in [-0.4, -0.2) is 75.3 Å². The lowest BCUT2D eigenvalue weighted by molar-refractivity contribution is 0.260. The van der Waals surface area contributed by atoms with Crippen LogP contribution in [-0.2, 0) is 6.54 Å². The van der Waals surface area contributed by atoms with Crippen LogP contribution in [0.1, 0.15) is 18.4 Å². The van der Waals surface area contributed by atoms with Crippen LogP contribution in [0.4, 0.5) is 4.39 Å². The summed E-state index contributed by atoms with van der Waals surface area (Å²) in [6, 6.07) is 19.1. The molecule has 8 nitrogen and oxygen atoms in total. The van der Waals surface area contributed by atoms with Crippen molar-refractivity contribution in [2.24, 2.45) is 0 Å². The number of aromatic nitrogens is 5. The van der Waals surface area contributed by atoms with Crippen molar-refractivity contribution in [1.82, 2.24) is 34.9 Å². The third kappa shape index (κ3) is 5.74. The van der Waals surface area contributed by atoms with Crippen molar-refractivity contribution in [1.29, 1.82) is 0 Å². The maximum absolute atomic E-state index is 14.7. The number of rotatable bonds is 9. The Balaban J connectivity index is 1.22. The van der Waals surface area contributed by atoms with Crippen LogP contribution in [0.2, 0.25) is 0 Å². The van der Waals surface area contributed by atoms with E-state index in [4.69, 9.17) is 9.72 Å². The fourth-order valence-electron chi connectivity index (χ4n) is 5.84. The molecule has 0 spiro atoms. The molecule has 1 aliphatic heterocycles. The van der Waals surface area contributed by atoms with E-state index in [-0.39, 0.29) is 5.82 Å². The zero-order valence-electron chi connectivity index (χ0n) is 24.4. The Morgan fingerprint density at radius 3 is 2.70 bits per heavy atom. The molecule has 0 unspecified atom stereocenters. The van der Waals surface area contributed by atoms with Crippen molar-refractivity contribution in [2.45, 2.75) is 19.4 Å². The number of H-pyrrole nitrogens is 2. The van der Waals surface area contributed by atoms with Gasteiger partial charge in [-0.1, -0.05) is 12.1 Å². The molecule has 0 amide bonds. The molecule has 1 fully saturated rings. The molecule has 6 aromatic rings. The average molecular weight is 576 g/mol. The van der Waals surface area contributed by atoms with Crippen molar-refractivity contribution >= 4 is 21.9 Å². The predicted molar refractivity (Wildman–Crippen MR) is 168 cm³/mol. The molecular formula is C34H34FN7O. The highest BCUT2D eigenvalue weighted by Gasteiger charge is 2.17. The van der Waals surface area contributed by atoms with E-state index < -0.39 is 0 Å². The quantitative estimate of drug-likeness (QED) is 0.204. The maximum atomic E-state index is 14.7. The predicted octanol–water partition coefficient (Wildman–Crippen LogP) is 6.51. The molecule has 0 saturated carbocycles. The van der Waals surface area contributed by atoms with E-state index in [0.29, 0.717) is 12.4 Å². The molecule has 43 heavy (non-hydrogen) atoms. The highest BCUT2D eigenvalue weighted by atomic mass is 19.1. The van der Waals surface area contributed by atoms with Gasteiger partial charge in [-0.2, -0.15) is 5.10 Å². The smallest absolute Gasteiger partial charge is 0.135 e. The summed E-state index contributed by atoms with van der Waals surface area (Å²) in [6.45, 7) is 4.42. The van der Waals surface area contributed by atoms with Crippen LogP contribution in [0.3, 0.4) is 0 Å². The molecule has 0 aliphatic carbocycles. The number of pyridine rings is 2. The Kier molecular flexibility index (Phi) is 7.34. The van der Waals surface area contributed by atoms with E-state index in [9.17, 15) is 4.39 Å². The number of halogens is 1. The molecule has 4 aromatic heterocycles. The van der Waals surface area contributed by atoms with E-state index in [0.717, 1.165) is 81.9 Å². The van der Waals surface area contributed by atoms with Gasteiger partial charge in [-0.25, -0.2) is 9.37 Å². The molecule has 0 radical (unpaired) electrons. The van der Waals surface area contributed by atoms with E-state index in [2.05, 4.69) is 37.2 Å². The highest BCUT2D eigenvalue weighted by Crippen LogP contribution is 2.36. The van der Waals surface area contributed by atoms with Crippen LogP contribution in [0.5, 0.6) is 5.75 Å². The van der Waals surface area contributed by atoms with Gasteiger partial charge in [0, 0.05) is 48.0 Å². The van der Waals surface area contributed by atoms with Crippen molar-refractivity contribution in [3.63, 3.8) is 0 Å². The lowest BCUT2D eigenvalue weighted by Gasteiger charge is -2.14. The van der Waals surface area contributed by atoms with E-state index >= 15 is 0 Å². The normalized spacial score (nSPS) is 14.0. The zero-order chi connectivity index (χ0) is 29.3. The number of hydrogen-bond acceptors (Lipinski definition) is 6. The van der Waals surface area contributed by atoms with Gasteiger partial charge >= 0.3 is 0 Å². The number of likely N-dealkylation sites (N-methyl/N-ethyl adjacent to an activating group) is 1. The largest absolute Gasteiger partial charge is 0.492 e. The first kappa shape index (κ1) is 27.2. The Labute approximate surface area is 249 Å². The summed E-state index contributed by atoms with van der Waals surface area (Å²) < 4.78 is 20.5. The first-order valence-corrected chi connectivity index (χ1v) is 14.7. The summed E-state index contributed by atoms with van der Waals surface area (Å²) in [5.41, 5.74) is 8.81. The monoisotopic (exact) mass is 575 g/mol. The second kappa shape index (κ2) is 11.6. The summed E-state index contributed by atoms with van der Waals surface area (Å²) in [7, 11) is 3.96. The minimum Gasteiger partial charge on any atom is -0.492 e. The van der Waals surface area contributed by atoms with Crippen molar-refractivity contribution < 1.29 is 9.13 Å². The lowest BCUT2D eigenvalue weighted by Crippen LogP contribution is -2.19. The van der Waals surface area contributed by atoms with Crippen LogP contribution in [0.25, 0.3) is 55.7 Å². The van der Waals surface area contributed by atoms with Gasteiger partial charge < -0.3 is 14.6 Å². The zero-order valence-corrected chi connectivity index (χ0v) is 24.4. The van der Waals surface area contributed by atoms with Gasteiger partial charge in [0.15, 0.2) is 0 Å². The van der Waals surface area contributed by atoms with Crippen molar-refractivity contribution in [3.8, 4) is 39.5 Å². The van der Waals surface area contributed by atoms with E-state index in [1.165, 1.54) is 24.5 Å². The van der Waals surface area contributed by atoms with Gasteiger partial charge in [0.2, 0.25) is 0 Å². The summed E-state index contributed by atoms with van der Waals surface area (Å²) in [5, 5.41) is 8.73. The molecule has 1 aliphatic rings. The number of ether oxygens (including phenoxy) is 1. The third-order valence-corrected chi connectivity index (χ3v) is 8.01. The summed E-state index contributed by atoms with van der Waals surface area (Å²) >= 11 is 0. The lowest BCUT2D eigenvalue weighted by atomic mass is 10.0. The number of nitrogens with one attached hydrogen (secondary N) is 2. The molecule has 5 heterocycles. The number of hydrogen-bond donors (Lipinski definition) is 2. The number of likely N-dealkylation sites (tertiary alicyclic amines) is 1. The fourth-order valence-corrected chi connectivity index (χ4v) is 5.84. The van der Waals surface area contributed by atoms with Crippen LogP contribution in [0.15, 0.2) is 73.1 Å². The standard InChI is InChI=1S/C34H34FN7O/c1-41(2)12-13-43-26-16-23(15-25(35)17-26)27-6-5-7-30-28(27)18-32(37-30)34-33-31(39-40-34)9-8-29(38-33)24-14-22(19-36-20-24)21-42-10-3-4-11-42/h5-9,14-20,37H,3-4,10-13,21H2,1-2H3,(H,39,40). The molecule has 9 heteroatoms. The Morgan fingerprint density at radius 2 is 1.84 bits per heavy atom. The van der Waals surface area contributed by atoms with Gasteiger partial charge in [-0.05, 0) is 99.2 Å². The summed E-state index contributed by atoms with van der Waals surface area (Å²) in [4.78, 5) is 17.6. The van der Waals surface area contributed by atoms with Gasteiger partial charge in [-0.3, -0.25) is 15.0 Å². The average Bonchev–Trinajstić information content (AvgIpc) is 3.76. The van der Waals surface area contributed by atoms with Crippen LogP contribution in [0, 0.1) is 5.82 Å². The Hall–Kier alpha value is -4.60. The molecule has 2 aromatic carbocycles. The molecule has 1 saturated heterocycles. The molecule has 0 atom stereocenters. The Morgan fingerprint density at radius 1 is 0.953 bits per heavy atom. The molecule has 0 bridgehead atoms. The summed E-state index contributed by atoms with van der Waals surface area (Å²) in [5.74, 6) is 0.178. The second-order valence-electron chi connectivity index (χ2n) is 11.5. The molecule has 7 rings (SSSR count).